The molecule has 0 spiro atoms. The Kier molecular flexibility index (Phi) is 10.0. The van der Waals surface area contributed by atoms with Gasteiger partial charge in [-0.2, -0.15) is 18.3 Å². The van der Waals surface area contributed by atoms with Crippen LogP contribution in [0, 0.1) is 0 Å². The Balaban J connectivity index is 0.000000566. The summed E-state index contributed by atoms with van der Waals surface area (Å²) in [5.74, 6) is -3.02. The van der Waals surface area contributed by atoms with Gasteiger partial charge in [-0.1, -0.05) is 35.9 Å². The smallest absolute Gasteiger partial charge is 0.475 e. The summed E-state index contributed by atoms with van der Waals surface area (Å²) in [7, 11) is 0. The maximum Gasteiger partial charge on any atom is 0.490 e. The van der Waals surface area contributed by atoms with Crippen LogP contribution in [0.4, 0.5) is 24.5 Å². The SMILES string of the molecule is CC1CN(c2cnn(C/C=C/c3ccc(NC(=O)c4ccc5nonc5c4)cc3)c(=O)c2Cl)CC(C)N1.O=C(O)C(F)(F)F. The molecular weight excluding hydrogens is 607 g/mol. The molecule has 0 saturated carbocycles. The Bertz CT molecular complexity index is 1710. The van der Waals surface area contributed by atoms with Crippen LogP contribution in [0.25, 0.3) is 17.1 Å². The first-order valence-corrected chi connectivity index (χ1v) is 13.6. The molecule has 0 aliphatic carbocycles. The van der Waals surface area contributed by atoms with Crippen molar-refractivity contribution in [3.8, 4) is 0 Å². The van der Waals surface area contributed by atoms with E-state index < -0.39 is 12.1 Å². The first-order valence-electron chi connectivity index (χ1n) is 13.2. The Morgan fingerprint density at radius 1 is 1.11 bits per heavy atom. The number of carbonyl (C=O) groups is 2. The van der Waals surface area contributed by atoms with Crippen LogP contribution in [0.15, 0.2) is 64.2 Å². The van der Waals surface area contributed by atoms with Gasteiger partial charge in [0.05, 0.1) is 18.4 Å². The first kappa shape index (κ1) is 32.2. The molecule has 0 bridgehead atoms. The van der Waals surface area contributed by atoms with Crippen molar-refractivity contribution in [1.29, 1.82) is 0 Å². The van der Waals surface area contributed by atoms with Crippen LogP contribution in [0.2, 0.25) is 5.02 Å². The zero-order chi connectivity index (χ0) is 32.0. The number of hydrogen-bond acceptors (Lipinski definition) is 9. The Morgan fingerprint density at radius 2 is 1.75 bits per heavy atom. The van der Waals surface area contributed by atoms with Gasteiger partial charge in [-0.05, 0) is 60.1 Å². The number of rotatable bonds is 6. The predicted molar refractivity (Wildman–Crippen MR) is 157 cm³/mol. The molecule has 2 atom stereocenters. The van der Waals surface area contributed by atoms with Crippen LogP contribution >= 0.6 is 11.6 Å². The molecule has 16 heteroatoms. The molecule has 4 aromatic rings. The topological polar surface area (TPSA) is 155 Å². The minimum Gasteiger partial charge on any atom is -0.475 e. The molecule has 3 N–H and O–H groups in total. The van der Waals surface area contributed by atoms with Gasteiger partial charge in [0, 0.05) is 36.4 Å². The summed E-state index contributed by atoms with van der Waals surface area (Å²) in [4.78, 5) is 36.3. The number of nitrogens with zero attached hydrogens (tertiary/aromatic N) is 5. The van der Waals surface area contributed by atoms with Crippen molar-refractivity contribution in [2.45, 2.75) is 38.7 Å². The molecule has 44 heavy (non-hydrogen) atoms. The zero-order valence-electron chi connectivity index (χ0n) is 23.4. The zero-order valence-corrected chi connectivity index (χ0v) is 24.1. The first-order chi connectivity index (χ1) is 20.8. The molecule has 5 rings (SSSR count). The van der Waals surface area contributed by atoms with Crippen LogP contribution in [0.5, 0.6) is 0 Å². The molecule has 0 radical (unpaired) electrons. The number of nitrogens with one attached hydrogen (secondary N) is 2. The van der Waals surface area contributed by atoms with Crippen LogP contribution in [0.3, 0.4) is 0 Å². The molecule has 2 unspecified atom stereocenters. The van der Waals surface area contributed by atoms with Gasteiger partial charge in [0.15, 0.2) is 0 Å². The largest absolute Gasteiger partial charge is 0.490 e. The molecule has 1 amide bonds. The number of fused-ring (bicyclic) bond motifs is 1. The highest BCUT2D eigenvalue weighted by atomic mass is 35.5. The lowest BCUT2D eigenvalue weighted by Gasteiger charge is -2.37. The second-order valence-electron chi connectivity index (χ2n) is 9.95. The van der Waals surface area contributed by atoms with Crippen molar-refractivity contribution < 1.29 is 32.5 Å². The lowest BCUT2D eigenvalue weighted by molar-refractivity contribution is -0.192. The molecule has 1 aliphatic heterocycles. The van der Waals surface area contributed by atoms with Gasteiger partial charge >= 0.3 is 12.1 Å². The normalized spacial score (nSPS) is 16.9. The van der Waals surface area contributed by atoms with Crippen LogP contribution < -0.4 is 21.1 Å². The van der Waals surface area contributed by atoms with E-state index in [1.165, 1.54) is 4.68 Å². The number of carbonyl (C=O) groups excluding carboxylic acids is 1. The van der Waals surface area contributed by atoms with Gasteiger partial charge in [0.1, 0.15) is 16.1 Å². The third-order valence-corrected chi connectivity index (χ3v) is 6.74. The van der Waals surface area contributed by atoms with Crippen molar-refractivity contribution >= 4 is 52.0 Å². The fraction of sp³-hybridized carbons (Fsp3) is 0.286. The number of aromatic nitrogens is 4. The maximum atomic E-state index is 12.8. The van der Waals surface area contributed by atoms with Crippen LogP contribution in [-0.4, -0.2) is 68.4 Å². The summed E-state index contributed by atoms with van der Waals surface area (Å²) < 4.78 is 37.7. The van der Waals surface area contributed by atoms with Gasteiger partial charge in [0.25, 0.3) is 11.5 Å². The quantitative estimate of drug-likeness (QED) is 0.281. The summed E-state index contributed by atoms with van der Waals surface area (Å²) in [6.07, 6.45) is 0.303. The minimum atomic E-state index is -5.08. The van der Waals surface area contributed by atoms with Crippen molar-refractivity contribution in [2.24, 2.45) is 0 Å². The molecule has 2 aromatic heterocycles. The number of carboxylic acids is 1. The molecule has 1 fully saturated rings. The summed E-state index contributed by atoms with van der Waals surface area (Å²) >= 11 is 6.44. The average molecular weight is 634 g/mol. The predicted octanol–water partition coefficient (Wildman–Crippen LogP) is 4.22. The number of anilines is 2. The molecule has 1 saturated heterocycles. The van der Waals surface area contributed by atoms with E-state index in [0.717, 1.165) is 18.7 Å². The summed E-state index contributed by atoms with van der Waals surface area (Å²) in [6, 6.07) is 12.9. The Labute approximate surface area is 253 Å². The number of carboxylic acid groups (broad SMARTS) is 1. The second-order valence-corrected chi connectivity index (χ2v) is 10.3. The van der Waals surface area contributed by atoms with Crippen molar-refractivity contribution in [3.05, 3.63) is 81.2 Å². The average Bonchev–Trinajstić information content (AvgIpc) is 3.44. The van der Waals surface area contributed by atoms with Crippen LogP contribution in [0.1, 0.15) is 29.8 Å². The van der Waals surface area contributed by atoms with E-state index in [1.807, 2.05) is 24.3 Å². The fourth-order valence-electron chi connectivity index (χ4n) is 4.42. The van der Waals surface area contributed by atoms with Gasteiger partial charge in [0.2, 0.25) is 0 Å². The number of alkyl halides is 3. The molecule has 3 heterocycles. The highest BCUT2D eigenvalue weighted by Gasteiger charge is 2.38. The number of piperazine rings is 1. The van der Waals surface area contributed by atoms with E-state index in [-0.39, 0.29) is 23.0 Å². The van der Waals surface area contributed by atoms with E-state index in [9.17, 15) is 22.8 Å². The van der Waals surface area contributed by atoms with E-state index in [0.29, 0.717) is 40.1 Å². The number of benzene rings is 2. The minimum absolute atomic E-state index is 0.184. The van der Waals surface area contributed by atoms with Crippen molar-refractivity contribution in [3.63, 3.8) is 0 Å². The maximum absolute atomic E-state index is 12.8. The fourth-order valence-corrected chi connectivity index (χ4v) is 4.69. The number of aliphatic carboxylic acids is 1. The van der Waals surface area contributed by atoms with Crippen LogP contribution in [-0.2, 0) is 11.3 Å². The Hall–Kier alpha value is -4.76. The van der Waals surface area contributed by atoms with E-state index in [2.05, 4.69) is 49.4 Å². The van der Waals surface area contributed by atoms with E-state index in [1.54, 1.807) is 36.5 Å². The third-order valence-electron chi connectivity index (χ3n) is 6.38. The lowest BCUT2D eigenvalue weighted by atomic mass is 10.1. The molecule has 12 nitrogen and oxygen atoms in total. The van der Waals surface area contributed by atoms with Crippen molar-refractivity contribution in [1.82, 2.24) is 25.4 Å². The number of amides is 1. The number of allylic oxidation sites excluding steroid dienone is 1. The standard InChI is InChI=1S/C26H26ClN7O3.C2HF3O2/c1-16-14-33(15-17(2)29-16)23-13-28-34(26(36)24(23)27)11-3-4-18-5-8-20(9-6-18)30-25(35)19-7-10-21-22(12-19)32-37-31-21;3-2(4,5)1(6)7/h3-10,12-13,16-17,29H,11,14-15H2,1-2H3,(H,30,35);(H,6,7)/b4-3+;. The third kappa shape index (κ3) is 8.20. The summed E-state index contributed by atoms with van der Waals surface area (Å²) in [6.45, 7) is 6.02. The van der Waals surface area contributed by atoms with Gasteiger partial charge < -0.3 is 20.6 Å². The number of halogens is 4. The molecular formula is C28H27ClF3N7O5. The lowest BCUT2D eigenvalue weighted by Crippen LogP contribution is -2.54. The monoisotopic (exact) mass is 633 g/mol. The molecule has 2 aromatic carbocycles. The highest BCUT2D eigenvalue weighted by molar-refractivity contribution is 6.33. The van der Waals surface area contributed by atoms with Gasteiger partial charge in [-0.25, -0.2) is 14.1 Å². The molecule has 1 aliphatic rings. The van der Waals surface area contributed by atoms with Crippen molar-refractivity contribution in [2.75, 3.05) is 23.3 Å². The van der Waals surface area contributed by atoms with E-state index >= 15 is 0 Å². The van der Waals surface area contributed by atoms with Gasteiger partial charge in [-0.3, -0.25) is 9.59 Å². The van der Waals surface area contributed by atoms with Gasteiger partial charge in [-0.15, -0.1) is 0 Å². The van der Waals surface area contributed by atoms with E-state index in [4.69, 9.17) is 21.5 Å². The second kappa shape index (κ2) is 13.7. The Morgan fingerprint density at radius 3 is 2.39 bits per heavy atom. The molecule has 232 valence electrons. The summed E-state index contributed by atoms with van der Waals surface area (Å²) in [5, 5.41) is 25.5. The highest BCUT2D eigenvalue weighted by Crippen LogP contribution is 2.23. The summed E-state index contributed by atoms with van der Waals surface area (Å²) in [5.41, 5.74) is 3.47. The number of hydrogen-bond donors (Lipinski definition) is 3.